The summed E-state index contributed by atoms with van der Waals surface area (Å²) < 4.78 is 50.9. The molecule has 0 aromatic heterocycles. The van der Waals surface area contributed by atoms with Crippen molar-refractivity contribution in [3.8, 4) is 0 Å². The van der Waals surface area contributed by atoms with Crippen LogP contribution in [0.1, 0.15) is 6.42 Å². The fourth-order valence-electron chi connectivity index (χ4n) is 1.69. The zero-order valence-electron chi connectivity index (χ0n) is 8.74. The fourth-order valence-corrected chi connectivity index (χ4v) is 3.55. The molecule has 94 valence electrons. The summed E-state index contributed by atoms with van der Waals surface area (Å²) in [4.78, 5) is -0.248. The maximum Gasteiger partial charge on any atom is 0.243 e. The number of benzene rings is 1. The Kier molecular flexibility index (Phi) is 3.38. The molecule has 0 saturated carbocycles. The lowest BCUT2D eigenvalue weighted by molar-refractivity contribution is 0.473. The van der Waals surface area contributed by atoms with Gasteiger partial charge in [-0.2, -0.15) is 4.31 Å². The van der Waals surface area contributed by atoms with Gasteiger partial charge in [0.25, 0.3) is 0 Å². The molecule has 0 N–H and O–H groups in total. The second-order valence-electron chi connectivity index (χ2n) is 3.82. The minimum Gasteiger partial charge on any atom is -0.207 e. The first kappa shape index (κ1) is 12.7. The Balaban J connectivity index is 2.35. The molecule has 1 fully saturated rings. The first-order chi connectivity index (χ1) is 7.91. The van der Waals surface area contributed by atoms with E-state index in [2.05, 4.69) is 0 Å². The Labute approximate surface area is 103 Å². The first-order valence-electron chi connectivity index (χ1n) is 5.00. The van der Waals surface area contributed by atoms with Gasteiger partial charge in [0.05, 0.1) is 4.90 Å². The molecule has 0 spiro atoms. The first-order valence-corrected chi connectivity index (χ1v) is 6.88. The van der Waals surface area contributed by atoms with Crippen molar-refractivity contribution in [3.63, 3.8) is 0 Å². The number of hydrogen-bond donors (Lipinski definition) is 0. The minimum atomic E-state index is -3.77. The zero-order valence-corrected chi connectivity index (χ0v) is 10.3. The lowest BCUT2D eigenvalue weighted by atomic mass is 10.3. The molecule has 1 aliphatic heterocycles. The van der Waals surface area contributed by atoms with Gasteiger partial charge in [-0.25, -0.2) is 17.2 Å². The van der Waals surface area contributed by atoms with Crippen molar-refractivity contribution in [1.82, 2.24) is 4.31 Å². The topological polar surface area (TPSA) is 37.4 Å². The lowest BCUT2D eigenvalue weighted by Gasteiger charge is -2.15. The van der Waals surface area contributed by atoms with E-state index in [9.17, 15) is 17.2 Å². The van der Waals surface area contributed by atoms with Gasteiger partial charge in [0.2, 0.25) is 10.0 Å². The van der Waals surface area contributed by atoms with Gasteiger partial charge >= 0.3 is 0 Å². The van der Waals surface area contributed by atoms with E-state index in [0.29, 0.717) is 19.0 Å². The van der Waals surface area contributed by atoms with Crippen molar-refractivity contribution in [2.45, 2.75) is 16.7 Å². The third-order valence-electron chi connectivity index (χ3n) is 2.62. The number of hydrogen-bond acceptors (Lipinski definition) is 2. The minimum absolute atomic E-state index is 0.197. The molecule has 2 rings (SSSR count). The van der Waals surface area contributed by atoms with E-state index >= 15 is 0 Å². The largest absolute Gasteiger partial charge is 0.243 e. The summed E-state index contributed by atoms with van der Waals surface area (Å²) in [5, 5.41) is -0.227. The van der Waals surface area contributed by atoms with Crippen LogP contribution in [0.15, 0.2) is 23.1 Å². The number of halogens is 3. The molecule has 0 bridgehead atoms. The van der Waals surface area contributed by atoms with Crippen LogP contribution in [0.3, 0.4) is 0 Å². The zero-order chi connectivity index (χ0) is 12.6. The average molecular weight is 282 g/mol. The van der Waals surface area contributed by atoms with Gasteiger partial charge in [0, 0.05) is 18.5 Å². The van der Waals surface area contributed by atoms with Gasteiger partial charge in [-0.05, 0) is 24.6 Å². The highest BCUT2D eigenvalue weighted by Gasteiger charge is 2.31. The molecule has 1 aromatic rings. The van der Waals surface area contributed by atoms with Crippen LogP contribution >= 0.6 is 11.6 Å². The molecular formula is C10H10ClF2NO2S. The second kappa shape index (κ2) is 4.51. The second-order valence-corrected chi connectivity index (χ2v) is 6.38. The van der Waals surface area contributed by atoms with E-state index in [1.807, 2.05) is 0 Å². The quantitative estimate of drug-likeness (QED) is 0.777. The summed E-state index contributed by atoms with van der Waals surface area (Å²) in [7, 11) is -3.77. The van der Waals surface area contributed by atoms with E-state index in [1.54, 1.807) is 0 Å². The Bertz CT molecular complexity index is 535. The predicted molar refractivity (Wildman–Crippen MR) is 59.4 cm³/mol. The number of rotatable bonds is 2. The molecule has 0 radical (unpaired) electrons. The highest BCUT2D eigenvalue weighted by Crippen LogP contribution is 2.24. The van der Waals surface area contributed by atoms with Crippen LogP contribution < -0.4 is 0 Å². The summed E-state index contributed by atoms with van der Waals surface area (Å²) in [6.07, 6.45) is 0.560. The molecule has 0 aliphatic carbocycles. The normalized spacial score (nSPS) is 21.9. The molecule has 1 aliphatic rings. The molecule has 3 nitrogen and oxygen atoms in total. The summed E-state index contributed by atoms with van der Waals surface area (Å²) in [6, 6.07) is 2.54. The third-order valence-corrected chi connectivity index (χ3v) is 4.84. The van der Waals surface area contributed by atoms with Crippen LogP contribution in [0.2, 0.25) is 0 Å². The van der Waals surface area contributed by atoms with Crippen molar-refractivity contribution >= 4 is 21.6 Å². The highest BCUT2D eigenvalue weighted by molar-refractivity contribution is 7.89. The molecule has 1 atom stereocenters. The van der Waals surface area contributed by atoms with Gasteiger partial charge in [0.1, 0.15) is 0 Å². The van der Waals surface area contributed by atoms with Crippen molar-refractivity contribution in [3.05, 3.63) is 29.8 Å². The Morgan fingerprint density at radius 1 is 1.29 bits per heavy atom. The van der Waals surface area contributed by atoms with Crippen LogP contribution in [0.5, 0.6) is 0 Å². The summed E-state index contributed by atoms with van der Waals surface area (Å²) >= 11 is 5.82. The monoisotopic (exact) mass is 281 g/mol. The van der Waals surface area contributed by atoms with Crippen molar-refractivity contribution < 1.29 is 17.2 Å². The third kappa shape index (κ3) is 2.43. The van der Waals surface area contributed by atoms with Crippen LogP contribution in [0, 0.1) is 11.6 Å². The SMILES string of the molecule is O=S(=O)(c1ccc(F)c(F)c1)N1CCC(Cl)C1. The van der Waals surface area contributed by atoms with E-state index in [4.69, 9.17) is 11.6 Å². The molecule has 1 heterocycles. The van der Waals surface area contributed by atoms with E-state index in [1.165, 1.54) is 4.31 Å². The van der Waals surface area contributed by atoms with Crippen LogP contribution in [-0.2, 0) is 10.0 Å². The van der Waals surface area contributed by atoms with Crippen molar-refractivity contribution in [2.75, 3.05) is 13.1 Å². The maximum atomic E-state index is 13.0. The number of alkyl halides is 1. The van der Waals surface area contributed by atoms with Gasteiger partial charge in [-0.3, -0.25) is 0 Å². The van der Waals surface area contributed by atoms with Crippen molar-refractivity contribution in [2.24, 2.45) is 0 Å². The Hall–Kier alpha value is -0.720. The maximum absolute atomic E-state index is 13.0. The number of nitrogens with zero attached hydrogens (tertiary/aromatic N) is 1. The summed E-state index contributed by atoms with van der Waals surface area (Å²) in [6.45, 7) is 0.498. The molecule has 7 heteroatoms. The van der Waals surface area contributed by atoms with Crippen LogP contribution in [-0.4, -0.2) is 31.2 Å². The fraction of sp³-hybridized carbons (Fsp3) is 0.400. The molecular weight excluding hydrogens is 272 g/mol. The molecule has 0 amide bonds. The standard InChI is InChI=1S/C10H10ClF2NO2S/c11-7-3-4-14(6-7)17(15,16)8-1-2-9(12)10(13)5-8/h1-2,5,7H,3-4,6H2. The van der Waals surface area contributed by atoms with E-state index in [0.717, 1.165) is 12.1 Å². The van der Waals surface area contributed by atoms with Gasteiger partial charge in [0.15, 0.2) is 11.6 Å². The van der Waals surface area contributed by atoms with Gasteiger partial charge in [-0.1, -0.05) is 0 Å². The Morgan fingerprint density at radius 2 is 2.00 bits per heavy atom. The smallest absolute Gasteiger partial charge is 0.207 e. The predicted octanol–water partition coefficient (Wildman–Crippen LogP) is 1.97. The molecule has 17 heavy (non-hydrogen) atoms. The molecule has 1 aromatic carbocycles. The van der Waals surface area contributed by atoms with Gasteiger partial charge < -0.3 is 0 Å². The summed E-state index contributed by atoms with van der Waals surface area (Å²) in [5.74, 6) is -2.24. The van der Waals surface area contributed by atoms with Crippen LogP contribution in [0.4, 0.5) is 8.78 Å². The average Bonchev–Trinajstić information content (AvgIpc) is 2.69. The highest BCUT2D eigenvalue weighted by atomic mass is 35.5. The molecule has 1 saturated heterocycles. The molecule has 1 unspecified atom stereocenters. The van der Waals surface area contributed by atoms with E-state index < -0.39 is 21.7 Å². The van der Waals surface area contributed by atoms with Crippen molar-refractivity contribution in [1.29, 1.82) is 0 Å². The summed E-state index contributed by atoms with van der Waals surface area (Å²) in [5.41, 5.74) is 0. The lowest BCUT2D eigenvalue weighted by Crippen LogP contribution is -2.29. The number of sulfonamides is 1. The Morgan fingerprint density at radius 3 is 2.53 bits per heavy atom. The van der Waals surface area contributed by atoms with Gasteiger partial charge in [-0.15, -0.1) is 11.6 Å². The van der Waals surface area contributed by atoms with Crippen LogP contribution in [0.25, 0.3) is 0 Å². The van der Waals surface area contributed by atoms with E-state index in [-0.39, 0.29) is 16.8 Å².